The van der Waals surface area contributed by atoms with Crippen molar-refractivity contribution in [3.63, 3.8) is 0 Å². The summed E-state index contributed by atoms with van der Waals surface area (Å²) in [6, 6.07) is 0. The number of nitrogens with zero attached hydrogens (tertiary/aromatic N) is 1. The van der Waals surface area contributed by atoms with E-state index in [9.17, 15) is 5.11 Å². The van der Waals surface area contributed by atoms with Crippen LogP contribution in [0.1, 0.15) is 85.5 Å². The fourth-order valence-electron chi connectivity index (χ4n) is 8.90. The molecule has 9 atom stereocenters. The third kappa shape index (κ3) is 2.26. The van der Waals surface area contributed by atoms with Gasteiger partial charge in [0.15, 0.2) is 0 Å². The molecule has 1 N–H and O–H groups in total. The summed E-state index contributed by atoms with van der Waals surface area (Å²) in [5, 5.41) is 12.3. The number of hydrogen-bond acceptors (Lipinski definition) is 2. The molecule has 27 heavy (non-hydrogen) atoms. The lowest BCUT2D eigenvalue weighted by Gasteiger charge is -2.65. The second-order valence-corrected chi connectivity index (χ2v) is 11.5. The van der Waals surface area contributed by atoms with Gasteiger partial charge >= 0.3 is 0 Å². The van der Waals surface area contributed by atoms with Gasteiger partial charge in [-0.2, -0.15) is 0 Å². The largest absolute Gasteiger partial charge is 0.389 e. The molecule has 5 rings (SSSR count). The van der Waals surface area contributed by atoms with Gasteiger partial charge in [-0.1, -0.05) is 40.2 Å². The Balaban J connectivity index is 1.52. The van der Waals surface area contributed by atoms with Gasteiger partial charge in [0, 0.05) is 29.7 Å². The van der Waals surface area contributed by atoms with Crippen LogP contribution in [-0.2, 0) is 0 Å². The molecular weight excluding hydrogens is 330 g/mol. The summed E-state index contributed by atoms with van der Waals surface area (Å²) in [4.78, 5) is 4.74. The molecule has 0 aromatic rings. The van der Waals surface area contributed by atoms with Crippen LogP contribution in [0.4, 0.5) is 0 Å². The van der Waals surface area contributed by atoms with Crippen molar-refractivity contribution in [3.05, 3.63) is 11.8 Å². The zero-order valence-corrected chi connectivity index (χ0v) is 17.9. The molecule has 1 heterocycles. The second kappa shape index (κ2) is 5.94. The molecule has 4 saturated carbocycles. The van der Waals surface area contributed by atoms with E-state index in [2.05, 4.69) is 40.0 Å². The van der Waals surface area contributed by atoms with Crippen LogP contribution < -0.4 is 0 Å². The van der Waals surface area contributed by atoms with E-state index in [4.69, 9.17) is 4.99 Å². The summed E-state index contributed by atoms with van der Waals surface area (Å²) in [6.07, 6.45) is 15.6. The first-order chi connectivity index (χ1) is 12.8. The maximum Gasteiger partial charge on any atom is 0.0741 e. The minimum absolute atomic E-state index is 0.00711. The first kappa shape index (κ1) is 18.4. The Morgan fingerprint density at radius 1 is 1.00 bits per heavy atom. The molecule has 0 aromatic carbocycles. The Morgan fingerprint density at radius 3 is 2.56 bits per heavy atom. The standard InChI is InChI=1S/C25H39NO/c1-16-9-11-23(3)18(14-16)7-8-19-21(23)15-17(2)24(4)20(10-12-25(19,24)27)22-6-5-13-26-22/h6,13,16-21,27H,5,7-12,14-15H2,1-4H3/t16-,17+,18+,19?,20+,21?,23-,24+,25-/m0/s1. The monoisotopic (exact) mass is 369 g/mol. The fraction of sp³-hybridized carbons (Fsp3) is 0.880. The zero-order chi connectivity index (χ0) is 19.0. The van der Waals surface area contributed by atoms with E-state index in [-0.39, 0.29) is 5.41 Å². The Hall–Kier alpha value is -0.630. The molecule has 0 radical (unpaired) electrons. The normalized spacial score (nSPS) is 57.0. The number of allylic oxidation sites excluding steroid dienone is 2. The number of hydrogen-bond donors (Lipinski definition) is 1. The van der Waals surface area contributed by atoms with Gasteiger partial charge in [-0.25, -0.2) is 0 Å². The maximum absolute atomic E-state index is 12.3. The maximum atomic E-state index is 12.3. The lowest BCUT2D eigenvalue weighted by Crippen LogP contribution is -2.64. The highest BCUT2D eigenvalue weighted by Gasteiger charge is 2.69. The molecule has 2 heteroatoms. The average molecular weight is 370 g/mol. The summed E-state index contributed by atoms with van der Waals surface area (Å²) < 4.78 is 0. The van der Waals surface area contributed by atoms with Gasteiger partial charge in [0.25, 0.3) is 0 Å². The Kier molecular flexibility index (Phi) is 4.05. The number of fused-ring (bicyclic) bond motifs is 5. The van der Waals surface area contributed by atoms with Crippen LogP contribution in [0.25, 0.3) is 0 Å². The first-order valence-corrected chi connectivity index (χ1v) is 11.8. The van der Waals surface area contributed by atoms with Gasteiger partial charge in [-0.05, 0) is 80.0 Å². The molecule has 0 aromatic heterocycles. The van der Waals surface area contributed by atoms with Gasteiger partial charge in [0.1, 0.15) is 0 Å². The molecule has 5 aliphatic rings. The van der Waals surface area contributed by atoms with Crippen molar-refractivity contribution < 1.29 is 5.11 Å². The quantitative estimate of drug-likeness (QED) is 0.604. The average Bonchev–Trinajstić information content (AvgIpc) is 3.24. The van der Waals surface area contributed by atoms with Crippen LogP contribution in [0.15, 0.2) is 16.8 Å². The van der Waals surface area contributed by atoms with E-state index in [1.165, 1.54) is 44.2 Å². The van der Waals surface area contributed by atoms with Crippen molar-refractivity contribution in [1.82, 2.24) is 0 Å². The second-order valence-electron chi connectivity index (χ2n) is 11.5. The molecule has 1 aliphatic heterocycles. The smallest absolute Gasteiger partial charge is 0.0741 e. The lowest BCUT2D eigenvalue weighted by atomic mass is 9.41. The molecule has 0 saturated heterocycles. The summed E-state index contributed by atoms with van der Waals surface area (Å²) in [5.74, 6) is 4.04. The number of rotatable bonds is 1. The van der Waals surface area contributed by atoms with Crippen LogP contribution >= 0.6 is 0 Å². The molecule has 4 fully saturated rings. The molecular formula is C25H39NO. The van der Waals surface area contributed by atoms with E-state index >= 15 is 0 Å². The van der Waals surface area contributed by atoms with E-state index in [1.54, 1.807) is 0 Å². The minimum Gasteiger partial charge on any atom is -0.389 e. The lowest BCUT2D eigenvalue weighted by molar-refractivity contribution is -0.225. The van der Waals surface area contributed by atoms with E-state index in [1.807, 2.05) is 0 Å². The summed E-state index contributed by atoms with van der Waals surface area (Å²) >= 11 is 0. The summed E-state index contributed by atoms with van der Waals surface area (Å²) in [7, 11) is 0. The molecule has 2 nitrogen and oxygen atoms in total. The van der Waals surface area contributed by atoms with Crippen LogP contribution in [-0.4, -0.2) is 16.9 Å². The zero-order valence-electron chi connectivity index (χ0n) is 17.9. The van der Waals surface area contributed by atoms with Gasteiger partial charge in [-0.3, -0.25) is 4.99 Å². The summed E-state index contributed by atoms with van der Waals surface area (Å²) in [5.41, 5.74) is 1.25. The molecule has 4 aliphatic carbocycles. The molecule has 150 valence electrons. The molecule has 0 amide bonds. The van der Waals surface area contributed by atoms with Crippen LogP contribution in [0, 0.1) is 46.3 Å². The molecule has 0 spiro atoms. The van der Waals surface area contributed by atoms with Crippen molar-refractivity contribution in [2.45, 2.75) is 91.1 Å². The predicted molar refractivity (Wildman–Crippen MR) is 112 cm³/mol. The third-order valence-electron chi connectivity index (χ3n) is 10.7. The Bertz CT molecular complexity index is 682. The van der Waals surface area contributed by atoms with Crippen molar-refractivity contribution >= 4 is 6.21 Å². The van der Waals surface area contributed by atoms with Gasteiger partial charge in [0.2, 0.25) is 0 Å². The SMILES string of the molecule is C[C@H]1CC[C@]2(C)C3C[C@@H](C)[C@]4(C)[C@@H](C5=CCC=N5)CC[C@]4(O)C3CC[C@@H]2C1. The highest BCUT2D eigenvalue weighted by molar-refractivity contribution is 5.65. The topological polar surface area (TPSA) is 32.6 Å². The van der Waals surface area contributed by atoms with Crippen LogP contribution in [0.2, 0.25) is 0 Å². The Morgan fingerprint density at radius 2 is 1.81 bits per heavy atom. The highest BCUT2D eigenvalue weighted by Crippen LogP contribution is 2.71. The fourth-order valence-corrected chi connectivity index (χ4v) is 8.90. The van der Waals surface area contributed by atoms with Crippen molar-refractivity contribution in [3.8, 4) is 0 Å². The Labute approximate surface area is 165 Å². The van der Waals surface area contributed by atoms with Gasteiger partial charge < -0.3 is 5.11 Å². The number of aliphatic imine (C=N–C) groups is 1. The summed E-state index contributed by atoms with van der Waals surface area (Å²) in [6.45, 7) is 9.95. The van der Waals surface area contributed by atoms with E-state index in [0.717, 1.165) is 37.0 Å². The van der Waals surface area contributed by atoms with Gasteiger partial charge in [-0.15, -0.1) is 0 Å². The van der Waals surface area contributed by atoms with Crippen molar-refractivity contribution in [2.24, 2.45) is 51.3 Å². The van der Waals surface area contributed by atoms with Gasteiger partial charge in [0.05, 0.1) is 5.60 Å². The molecule has 2 unspecified atom stereocenters. The predicted octanol–water partition coefficient (Wildman–Crippen LogP) is 6.00. The van der Waals surface area contributed by atoms with E-state index < -0.39 is 5.60 Å². The highest BCUT2D eigenvalue weighted by atomic mass is 16.3. The first-order valence-electron chi connectivity index (χ1n) is 11.8. The minimum atomic E-state index is -0.490. The van der Waals surface area contributed by atoms with Crippen molar-refractivity contribution in [1.29, 1.82) is 0 Å². The third-order valence-corrected chi connectivity index (χ3v) is 10.7. The van der Waals surface area contributed by atoms with Crippen LogP contribution in [0.5, 0.6) is 0 Å². The van der Waals surface area contributed by atoms with E-state index in [0.29, 0.717) is 23.2 Å². The van der Waals surface area contributed by atoms with Crippen LogP contribution in [0.3, 0.4) is 0 Å². The van der Waals surface area contributed by atoms with Crippen molar-refractivity contribution in [2.75, 3.05) is 0 Å². The number of aliphatic hydroxyl groups is 1. The molecule has 0 bridgehead atoms.